The molecule has 7 heteroatoms. The van der Waals surface area contributed by atoms with Crippen molar-refractivity contribution >= 4 is 40.9 Å². The third-order valence-corrected chi connectivity index (χ3v) is 8.35. The molecule has 0 unspecified atom stereocenters. The predicted molar refractivity (Wildman–Crippen MR) is 139 cm³/mol. The normalized spacial score (nSPS) is 15.1. The van der Waals surface area contributed by atoms with Crippen molar-refractivity contribution in [3.05, 3.63) is 36.4 Å². The summed E-state index contributed by atoms with van der Waals surface area (Å²) in [5.41, 5.74) is 2.35. The van der Waals surface area contributed by atoms with Crippen LogP contribution in [0.4, 0.5) is 11.4 Å². The zero-order valence-corrected chi connectivity index (χ0v) is 21.4. The smallest absolute Gasteiger partial charge is 0.341 e. The zero-order valence-electron chi connectivity index (χ0n) is 19.8. The fourth-order valence-corrected chi connectivity index (χ4v) is 6.26. The van der Waals surface area contributed by atoms with E-state index < -0.39 is 5.97 Å². The molecule has 2 aromatic rings. The molecule has 0 radical (unpaired) electrons. The fraction of sp³-hybridized carbons (Fsp3) is 0.500. The summed E-state index contributed by atoms with van der Waals surface area (Å²) in [5, 5.41) is 19.0. The topological polar surface area (TPSA) is 70.0 Å². The molecule has 0 amide bonds. The number of unbranched alkanes of at least 4 members (excludes halogenated alkanes) is 2. The fourth-order valence-electron chi connectivity index (χ4n) is 4.36. The highest BCUT2D eigenvalue weighted by atomic mass is 32.2. The molecule has 1 heterocycles. The lowest BCUT2D eigenvalue weighted by atomic mass is 9.79. The number of phenols is 1. The third kappa shape index (κ3) is 6.54. The molecule has 0 saturated heterocycles. The second kappa shape index (κ2) is 11.9. The number of carbonyl (C=O) groups is 1. The Balaban J connectivity index is 2.09. The van der Waals surface area contributed by atoms with Crippen LogP contribution in [0.2, 0.25) is 0 Å². The van der Waals surface area contributed by atoms with Crippen molar-refractivity contribution in [2.75, 3.05) is 30.1 Å². The Kier molecular flexibility index (Phi) is 9.27. The molecule has 0 atom stereocenters. The van der Waals surface area contributed by atoms with Crippen LogP contribution in [0.3, 0.4) is 0 Å². The van der Waals surface area contributed by atoms with Crippen LogP contribution in [0.25, 0.3) is 0 Å². The van der Waals surface area contributed by atoms with Gasteiger partial charge in [-0.1, -0.05) is 39.5 Å². The van der Waals surface area contributed by atoms with Gasteiger partial charge in [0.1, 0.15) is 11.5 Å². The first-order chi connectivity index (χ1) is 15.9. The SMILES string of the molecule is CCCCC1(CCCC)CSc2cc(OCC(=O)O)c(SC)cc2N(c2ccc(O)cc2)C1. The van der Waals surface area contributed by atoms with Crippen molar-refractivity contribution < 1.29 is 19.7 Å². The number of benzene rings is 2. The lowest BCUT2D eigenvalue weighted by Gasteiger charge is -2.37. The molecule has 0 aliphatic carbocycles. The van der Waals surface area contributed by atoms with E-state index in [9.17, 15) is 9.90 Å². The minimum Gasteiger partial charge on any atom is -0.508 e. The van der Waals surface area contributed by atoms with Crippen molar-refractivity contribution in [3.8, 4) is 11.5 Å². The van der Waals surface area contributed by atoms with E-state index in [1.165, 1.54) is 38.5 Å². The summed E-state index contributed by atoms with van der Waals surface area (Å²) in [5.74, 6) is 0.921. The van der Waals surface area contributed by atoms with Gasteiger partial charge in [-0.3, -0.25) is 0 Å². The first-order valence-electron chi connectivity index (χ1n) is 11.7. The van der Waals surface area contributed by atoms with Gasteiger partial charge in [-0.15, -0.1) is 23.5 Å². The zero-order chi connectivity index (χ0) is 23.8. The molecule has 2 N–H and O–H groups in total. The summed E-state index contributed by atoms with van der Waals surface area (Å²) >= 11 is 3.42. The van der Waals surface area contributed by atoms with E-state index in [0.717, 1.165) is 33.5 Å². The number of carboxylic acids is 1. The van der Waals surface area contributed by atoms with E-state index >= 15 is 0 Å². The number of thioether (sulfide) groups is 2. The maximum Gasteiger partial charge on any atom is 0.341 e. The Morgan fingerprint density at radius 3 is 2.39 bits per heavy atom. The molecule has 0 saturated carbocycles. The number of aliphatic carboxylic acids is 1. The molecule has 180 valence electrons. The monoisotopic (exact) mass is 489 g/mol. The number of hydrogen-bond acceptors (Lipinski definition) is 6. The lowest BCUT2D eigenvalue weighted by Crippen LogP contribution is -2.36. The lowest BCUT2D eigenvalue weighted by molar-refractivity contribution is -0.139. The Hall–Kier alpha value is -1.99. The standard InChI is InChI=1S/C26H35NO4S2/c1-4-6-12-26(13-7-5-2)17-27(19-8-10-20(28)11-9-19)21-14-24(32-3)22(31-16-25(29)30)15-23(21)33-18-26/h8-11,14-15,28H,4-7,12-13,16-18H2,1-3H3,(H,29,30). The van der Waals surface area contributed by atoms with Crippen molar-refractivity contribution in [3.63, 3.8) is 0 Å². The van der Waals surface area contributed by atoms with E-state index in [4.69, 9.17) is 9.84 Å². The highest BCUT2D eigenvalue weighted by Crippen LogP contribution is 2.50. The number of anilines is 2. The predicted octanol–water partition coefficient (Wildman–Crippen LogP) is 7.19. The first-order valence-corrected chi connectivity index (χ1v) is 13.9. The molecular formula is C26H35NO4S2. The van der Waals surface area contributed by atoms with Crippen LogP contribution in [0.1, 0.15) is 52.4 Å². The molecule has 5 nitrogen and oxygen atoms in total. The molecule has 3 rings (SSSR count). The average molecular weight is 490 g/mol. The summed E-state index contributed by atoms with van der Waals surface area (Å²) in [6, 6.07) is 11.6. The molecule has 1 aliphatic heterocycles. The van der Waals surface area contributed by atoms with Gasteiger partial charge in [-0.25, -0.2) is 4.79 Å². The van der Waals surface area contributed by atoms with Gasteiger partial charge in [0.2, 0.25) is 0 Å². The number of fused-ring (bicyclic) bond motifs is 1. The van der Waals surface area contributed by atoms with Crippen LogP contribution in [0.5, 0.6) is 11.5 Å². The van der Waals surface area contributed by atoms with Crippen LogP contribution in [0.15, 0.2) is 46.2 Å². The van der Waals surface area contributed by atoms with Crippen LogP contribution in [-0.4, -0.2) is 41.3 Å². The number of ether oxygens (including phenoxy) is 1. The number of aromatic hydroxyl groups is 1. The second-order valence-corrected chi connectivity index (χ2v) is 10.6. The largest absolute Gasteiger partial charge is 0.508 e. The maximum atomic E-state index is 11.1. The van der Waals surface area contributed by atoms with Crippen LogP contribution >= 0.6 is 23.5 Å². The molecule has 1 aliphatic rings. The third-order valence-electron chi connectivity index (χ3n) is 6.20. The van der Waals surface area contributed by atoms with Gasteiger partial charge >= 0.3 is 5.97 Å². The Labute approximate surface area is 205 Å². The molecule has 33 heavy (non-hydrogen) atoms. The number of nitrogens with zero attached hydrogens (tertiary/aromatic N) is 1. The van der Waals surface area contributed by atoms with Gasteiger partial charge in [0.25, 0.3) is 0 Å². The van der Waals surface area contributed by atoms with E-state index in [1.54, 1.807) is 23.9 Å². The van der Waals surface area contributed by atoms with Crippen molar-refractivity contribution in [1.82, 2.24) is 0 Å². The van der Waals surface area contributed by atoms with Gasteiger partial charge in [0.05, 0.1) is 10.6 Å². The van der Waals surface area contributed by atoms with E-state index in [1.807, 2.05) is 36.2 Å². The van der Waals surface area contributed by atoms with Crippen LogP contribution in [-0.2, 0) is 4.79 Å². The Morgan fingerprint density at radius 2 is 1.82 bits per heavy atom. The van der Waals surface area contributed by atoms with Gasteiger partial charge in [-0.2, -0.15) is 0 Å². The molecule has 2 aromatic carbocycles. The van der Waals surface area contributed by atoms with Crippen LogP contribution < -0.4 is 9.64 Å². The number of rotatable bonds is 11. The molecular weight excluding hydrogens is 454 g/mol. The number of phenolic OH excluding ortho intramolecular Hbond substituents is 1. The second-order valence-electron chi connectivity index (χ2n) is 8.75. The minimum atomic E-state index is -0.978. The van der Waals surface area contributed by atoms with Gasteiger partial charge < -0.3 is 19.8 Å². The van der Waals surface area contributed by atoms with Gasteiger partial charge in [0.15, 0.2) is 6.61 Å². The molecule has 0 fully saturated rings. The van der Waals surface area contributed by atoms with Crippen LogP contribution in [0, 0.1) is 5.41 Å². The van der Waals surface area contributed by atoms with E-state index in [0.29, 0.717) is 5.75 Å². The van der Waals surface area contributed by atoms with E-state index in [2.05, 4.69) is 24.8 Å². The number of carboxylic acid groups (broad SMARTS) is 1. The summed E-state index contributed by atoms with van der Waals surface area (Å²) in [6.07, 6.45) is 9.09. The summed E-state index contributed by atoms with van der Waals surface area (Å²) < 4.78 is 5.65. The first kappa shape index (κ1) is 25.6. The Bertz CT molecular complexity index is 925. The summed E-state index contributed by atoms with van der Waals surface area (Å²) in [6.45, 7) is 5.07. The molecule has 0 bridgehead atoms. The highest BCUT2D eigenvalue weighted by molar-refractivity contribution is 7.99. The minimum absolute atomic E-state index is 0.176. The van der Waals surface area contributed by atoms with E-state index in [-0.39, 0.29) is 17.8 Å². The van der Waals surface area contributed by atoms with Gasteiger partial charge in [0, 0.05) is 22.9 Å². The molecule has 0 spiro atoms. The average Bonchev–Trinajstić information content (AvgIpc) is 2.97. The number of hydrogen-bond donors (Lipinski definition) is 2. The van der Waals surface area contributed by atoms with Crippen molar-refractivity contribution in [1.29, 1.82) is 0 Å². The summed E-state index contributed by atoms with van der Waals surface area (Å²) in [7, 11) is 0. The molecule has 0 aromatic heterocycles. The Morgan fingerprint density at radius 1 is 1.15 bits per heavy atom. The maximum absolute atomic E-state index is 11.1. The summed E-state index contributed by atoms with van der Waals surface area (Å²) in [4.78, 5) is 15.5. The van der Waals surface area contributed by atoms with Crippen molar-refractivity contribution in [2.45, 2.75) is 62.2 Å². The van der Waals surface area contributed by atoms with Gasteiger partial charge in [-0.05, 0) is 60.9 Å². The van der Waals surface area contributed by atoms with Crippen molar-refractivity contribution in [2.24, 2.45) is 5.41 Å². The highest BCUT2D eigenvalue weighted by Gasteiger charge is 2.36. The quantitative estimate of drug-likeness (QED) is 0.324.